The minimum absolute atomic E-state index is 0.273. The van der Waals surface area contributed by atoms with E-state index in [1.807, 2.05) is 0 Å². The monoisotopic (exact) mass is 267 g/mol. The molecule has 5 nitrogen and oxygen atoms in total. The number of hydrogen-bond donors (Lipinski definition) is 2. The summed E-state index contributed by atoms with van der Waals surface area (Å²) < 4.78 is 0. The number of amides is 2. The molecule has 4 fully saturated rings. The molecule has 4 saturated carbocycles. The molecule has 4 rings (SSSR count). The highest BCUT2D eigenvalue weighted by Crippen LogP contribution is 2.62. The van der Waals surface area contributed by atoms with Gasteiger partial charge in [-0.25, -0.2) is 0 Å². The highest BCUT2D eigenvalue weighted by Gasteiger charge is 2.57. The Morgan fingerprint density at radius 1 is 0.947 bits per heavy atom. The van der Waals surface area contributed by atoms with Crippen LogP contribution in [0.15, 0.2) is 0 Å². The summed E-state index contributed by atoms with van der Waals surface area (Å²) in [5, 5.41) is 19.4. The first kappa shape index (κ1) is 13.1. The zero-order valence-electron chi connectivity index (χ0n) is 10.9. The molecule has 1 unspecified atom stereocenters. The fourth-order valence-electron chi connectivity index (χ4n) is 5.48. The van der Waals surface area contributed by atoms with Crippen LogP contribution in [0.2, 0.25) is 0 Å². The summed E-state index contributed by atoms with van der Waals surface area (Å²) >= 11 is 0. The topological polar surface area (TPSA) is 77.8 Å². The molecule has 0 aromatic heterocycles. The molecule has 4 aliphatic rings. The van der Waals surface area contributed by atoms with Crippen molar-refractivity contribution in [3.63, 3.8) is 0 Å². The minimum atomic E-state index is -1.65. The molecule has 2 N–H and O–H groups in total. The third kappa shape index (κ3) is 1.99. The Morgan fingerprint density at radius 3 is 1.68 bits per heavy atom. The van der Waals surface area contributed by atoms with Crippen LogP contribution >= 0.6 is 0 Å². The number of carbonyl (C=O) groups is 2. The molecule has 0 aliphatic heterocycles. The molecule has 0 saturated heterocycles. The predicted molar refractivity (Wildman–Crippen MR) is 66.6 cm³/mol. The first-order valence-electron chi connectivity index (χ1n) is 7.12. The van der Waals surface area contributed by atoms with Gasteiger partial charge in [0.25, 0.3) is 0 Å². The van der Waals surface area contributed by atoms with Gasteiger partial charge >= 0.3 is 0 Å². The lowest BCUT2D eigenvalue weighted by Gasteiger charge is -2.60. The number of hydrogen-bond acceptors (Lipinski definition) is 4. The first-order valence-corrected chi connectivity index (χ1v) is 7.12. The van der Waals surface area contributed by atoms with Gasteiger partial charge < -0.3 is 10.2 Å². The van der Waals surface area contributed by atoms with E-state index in [0.29, 0.717) is 30.6 Å². The molecular formula is C14H21NO4. The van der Waals surface area contributed by atoms with Crippen molar-refractivity contribution < 1.29 is 19.8 Å². The summed E-state index contributed by atoms with van der Waals surface area (Å²) in [5.74, 6) is 1.90. The van der Waals surface area contributed by atoms with Gasteiger partial charge in [-0.3, -0.25) is 14.5 Å². The summed E-state index contributed by atoms with van der Waals surface area (Å²) in [6.45, 7) is 0. The van der Waals surface area contributed by atoms with Crippen LogP contribution in [-0.4, -0.2) is 40.3 Å². The van der Waals surface area contributed by atoms with Crippen LogP contribution in [0.5, 0.6) is 0 Å². The normalized spacial score (nSPS) is 41.3. The van der Waals surface area contributed by atoms with Crippen molar-refractivity contribution in [2.75, 3.05) is 0 Å². The quantitative estimate of drug-likeness (QED) is 0.561. The van der Waals surface area contributed by atoms with E-state index in [-0.39, 0.29) is 5.41 Å². The maximum absolute atomic E-state index is 11.0. The van der Waals surface area contributed by atoms with E-state index >= 15 is 0 Å². The second-order valence-corrected chi connectivity index (χ2v) is 6.80. The molecule has 2 amide bonds. The number of aliphatic hydroxyl groups excluding tert-OH is 1. The predicted octanol–water partition coefficient (Wildman–Crippen LogP) is 0.497. The second-order valence-electron chi connectivity index (χ2n) is 6.80. The van der Waals surface area contributed by atoms with Gasteiger partial charge in [-0.05, 0) is 61.7 Å². The maximum atomic E-state index is 11.0. The van der Waals surface area contributed by atoms with Crippen molar-refractivity contribution in [3.05, 3.63) is 0 Å². The van der Waals surface area contributed by atoms with E-state index in [0.717, 1.165) is 24.2 Å². The smallest absolute Gasteiger partial charge is 0.216 e. The highest BCUT2D eigenvalue weighted by atomic mass is 16.5. The second kappa shape index (κ2) is 4.56. The van der Waals surface area contributed by atoms with E-state index in [4.69, 9.17) is 0 Å². The molecule has 106 valence electrons. The molecule has 0 spiro atoms. The minimum Gasteiger partial charge on any atom is -0.366 e. The van der Waals surface area contributed by atoms with Gasteiger partial charge in [-0.2, -0.15) is 0 Å². The summed E-state index contributed by atoms with van der Waals surface area (Å²) in [6.07, 6.45) is 5.65. The van der Waals surface area contributed by atoms with E-state index in [1.54, 1.807) is 0 Å². The van der Waals surface area contributed by atoms with Crippen molar-refractivity contribution in [1.82, 2.24) is 4.90 Å². The molecular weight excluding hydrogens is 246 g/mol. The van der Waals surface area contributed by atoms with Crippen LogP contribution in [0.3, 0.4) is 0 Å². The van der Waals surface area contributed by atoms with Gasteiger partial charge in [0.05, 0.1) is 6.04 Å². The van der Waals surface area contributed by atoms with E-state index in [2.05, 4.69) is 0 Å². The zero-order valence-corrected chi connectivity index (χ0v) is 10.9. The largest absolute Gasteiger partial charge is 0.366 e. The summed E-state index contributed by atoms with van der Waals surface area (Å²) in [4.78, 5) is 23.0. The molecule has 0 heterocycles. The Balaban J connectivity index is 1.93. The third-order valence-corrected chi connectivity index (χ3v) is 5.56. The van der Waals surface area contributed by atoms with Gasteiger partial charge in [0, 0.05) is 0 Å². The van der Waals surface area contributed by atoms with Crippen molar-refractivity contribution in [1.29, 1.82) is 0 Å². The highest BCUT2D eigenvalue weighted by molar-refractivity contribution is 5.69. The van der Waals surface area contributed by atoms with Crippen molar-refractivity contribution in [3.8, 4) is 0 Å². The van der Waals surface area contributed by atoms with Crippen LogP contribution in [-0.2, 0) is 9.59 Å². The molecule has 1 atom stereocenters. The van der Waals surface area contributed by atoms with Crippen LogP contribution < -0.4 is 0 Å². The molecule has 19 heavy (non-hydrogen) atoms. The lowest BCUT2D eigenvalue weighted by molar-refractivity contribution is -0.186. The number of aliphatic hydroxyl groups is 2. The van der Waals surface area contributed by atoms with Crippen LogP contribution in [0.4, 0.5) is 0 Å². The number of rotatable bonds is 5. The average Bonchev–Trinajstić information content (AvgIpc) is 2.33. The Kier molecular flexibility index (Phi) is 3.14. The Bertz CT molecular complexity index is 338. The van der Waals surface area contributed by atoms with E-state index < -0.39 is 12.3 Å². The fourth-order valence-corrected chi connectivity index (χ4v) is 5.48. The van der Waals surface area contributed by atoms with Gasteiger partial charge in [0.1, 0.15) is 0 Å². The molecule has 4 bridgehead atoms. The van der Waals surface area contributed by atoms with Gasteiger partial charge in [-0.15, -0.1) is 0 Å². The molecule has 4 aliphatic carbocycles. The molecule has 0 aromatic carbocycles. The van der Waals surface area contributed by atoms with Crippen molar-refractivity contribution >= 4 is 12.8 Å². The SMILES string of the molecule is O=CN(C=O)C(C(O)O)C12CC3CC(CC(C3)C1)C2. The van der Waals surface area contributed by atoms with Gasteiger partial charge in [-0.1, -0.05) is 0 Å². The fraction of sp³-hybridized carbons (Fsp3) is 0.857. The Labute approximate surface area is 112 Å². The van der Waals surface area contributed by atoms with Crippen molar-refractivity contribution in [2.24, 2.45) is 23.2 Å². The number of imide groups is 1. The lowest BCUT2D eigenvalue weighted by atomic mass is 9.47. The summed E-state index contributed by atoms with van der Waals surface area (Å²) in [5.41, 5.74) is -0.273. The van der Waals surface area contributed by atoms with Crippen LogP contribution in [0.25, 0.3) is 0 Å². The zero-order chi connectivity index (χ0) is 13.6. The Hall–Kier alpha value is -0.940. The van der Waals surface area contributed by atoms with Gasteiger partial charge in [0.15, 0.2) is 6.29 Å². The van der Waals surface area contributed by atoms with Gasteiger partial charge in [0.2, 0.25) is 12.8 Å². The summed E-state index contributed by atoms with van der Waals surface area (Å²) in [6, 6.07) is -0.782. The molecule has 5 heteroatoms. The molecule has 0 radical (unpaired) electrons. The standard InChI is InChI=1S/C14H21NO4/c16-7-15(8-17)12(13(18)19)14-4-9-1-10(5-14)3-11(2-9)6-14/h7-13,18-19H,1-6H2. The first-order chi connectivity index (χ1) is 9.08. The maximum Gasteiger partial charge on any atom is 0.216 e. The third-order valence-electron chi connectivity index (χ3n) is 5.56. The number of carbonyl (C=O) groups excluding carboxylic acids is 2. The van der Waals surface area contributed by atoms with E-state index in [9.17, 15) is 19.8 Å². The summed E-state index contributed by atoms with van der Waals surface area (Å²) in [7, 11) is 0. The Morgan fingerprint density at radius 2 is 1.37 bits per heavy atom. The molecule has 0 aromatic rings. The van der Waals surface area contributed by atoms with Crippen LogP contribution in [0.1, 0.15) is 38.5 Å². The lowest BCUT2D eigenvalue weighted by Crippen LogP contribution is -2.60. The van der Waals surface area contributed by atoms with E-state index in [1.165, 1.54) is 19.3 Å². The average molecular weight is 267 g/mol. The van der Waals surface area contributed by atoms with Crippen molar-refractivity contribution in [2.45, 2.75) is 50.9 Å². The number of nitrogens with zero attached hydrogens (tertiary/aromatic N) is 1. The van der Waals surface area contributed by atoms with Crippen LogP contribution in [0, 0.1) is 23.2 Å².